The topological polar surface area (TPSA) is 63.2 Å². The van der Waals surface area contributed by atoms with Gasteiger partial charge in [0.2, 0.25) is 0 Å². The third-order valence-corrected chi connectivity index (χ3v) is 2.33. The van der Waals surface area contributed by atoms with Gasteiger partial charge in [-0.1, -0.05) is 0 Å². The Morgan fingerprint density at radius 3 is 2.78 bits per heavy atom. The van der Waals surface area contributed by atoms with Gasteiger partial charge in [0.1, 0.15) is 0 Å². The van der Waals surface area contributed by atoms with Gasteiger partial charge in [-0.3, -0.25) is 4.79 Å². The van der Waals surface area contributed by atoms with E-state index >= 15 is 0 Å². The molecule has 0 saturated heterocycles. The lowest BCUT2D eigenvalue weighted by Gasteiger charge is -2.25. The van der Waals surface area contributed by atoms with Crippen LogP contribution in [0.15, 0.2) is 12.3 Å². The van der Waals surface area contributed by atoms with Crippen molar-refractivity contribution in [1.29, 1.82) is 0 Å². The molecule has 1 heterocycles. The Bertz CT molecular complexity index is 435. The molecule has 0 spiro atoms. The number of ether oxygens (including phenoxy) is 1. The normalized spacial score (nSPS) is 11.2. The van der Waals surface area contributed by atoms with E-state index in [-0.39, 0.29) is 11.4 Å². The van der Waals surface area contributed by atoms with E-state index in [4.69, 9.17) is 4.74 Å². The molecule has 18 heavy (non-hydrogen) atoms. The minimum atomic E-state index is -0.661. The second-order valence-electron chi connectivity index (χ2n) is 4.54. The predicted molar refractivity (Wildman–Crippen MR) is 67.2 cm³/mol. The molecule has 1 amide bonds. The fourth-order valence-corrected chi connectivity index (χ4v) is 1.56. The van der Waals surface area contributed by atoms with E-state index in [1.54, 1.807) is 28.0 Å². The van der Waals surface area contributed by atoms with Gasteiger partial charge in [-0.25, -0.2) is 9.37 Å². The predicted octanol–water partition coefficient (Wildman–Crippen LogP) is 1.42. The molecule has 0 radical (unpaired) electrons. The van der Waals surface area contributed by atoms with Crippen LogP contribution in [-0.4, -0.2) is 37.2 Å². The molecular weight excluding hydrogens is 237 g/mol. The van der Waals surface area contributed by atoms with Gasteiger partial charge in [0.25, 0.3) is 5.91 Å². The summed E-state index contributed by atoms with van der Waals surface area (Å²) in [5, 5.41) is 5.29. The summed E-state index contributed by atoms with van der Waals surface area (Å²) in [5.41, 5.74) is -0.611. The molecule has 0 aliphatic heterocycles. The van der Waals surface area contributed by atoms with Crippen molar-refractivity contribution in [2.45, 2.75) is 19.4 Å². The standard InChI is InChI=1S/C12H18FN3O2/c1-12(2,7-18-4)16-11(17)8-5-6-15-10(14-3)9(8)13/h5-6H,7H2,1-4H3,(H,14,15)(H,16,17). The highest BCUT2D eigenvalue weighted by Gasteiger charge is 2.23. The van der Waals surface area contributed by atoms with E-state index in [9.17, 15) is 9.18 Å². The molecule has 2 N–H and O–H groups in total. The van der Waals surface area contributed by atoms with Crippen molar-refractivity contribution in [3.63, 3.8) is 0 Å². The number of hydrogen-bond donors (Lipinski definition) is 2. The number of nitrogens with zero attached hydrogens (tertiary/aromatic N) is 1. The quantitative estimate of drug-likeness (QED) is 0.835. The second kappa shape index (κ2) is 5.77. The first-order valence-electron chi connectivity index (χ1n) is 5.55. The van der Waals surface area contributed by atoms with Crippen LogP contribution in [0.5, 0.6) is 0 Å². The number of hydrogen-bond acceptors (Lipinski definition) is 4. The van der Waals surface area contributed by atoms with E-state index in [0.29, 0.717) is 6.61 Å². The highest BCUT2D eigenvalue weighted by Crippen LogP contribution is 2.15. The summed E-state index contributed by atoms with van der Waals surface area (Å²) < 4.78 is 18.9. The summed E-state index contributed by atoms with van der Waals surface area (Å²) in [5.74, 6) is -1.11. The number of aromatic nitrogens is 1. The third kappa shape index (κ3) is 3.40. The van der Waals surface area contributed by atoms with Crippen molar-refractivity contribution in [2.24, 2.45) is 0 Å². The van der Waals surface area contributed by atoms with E-state index in [2.05, 4.69) is 15.6 Å². The molecule has 100 valence electrons. The molecule has 0 saturated carbocycles. The number of rotatable bonds is 5. The first-order valence-corrected chi connectivity index (χ1v) is 5.55. The van der Waals surface area contributed by atoms with Crippen LogP contribution in [-0.2, 0) is 4.74 Å². The van der Waals surface area contributed by atoms with E-state index in [1.165, 1.54) is 12.3 Å². The van der Waals surface area contributed by atoms with E-state index in [1.807, 2.05) is 0 Å². The Morgan fingerprint density at radius 1 is 1.56 bits per heavy atom. The molecule has 1 aromatic heterocycles. The van der Waals surface area contributed by atoms with Crippen molar-refractivity contribution in [3.8, 4) is 0 Å². The summed E-state index contributed by atoms with van der Waals surface area (Å²) in [7, 11) is 3.09. The Labute approximate surface area is 106 Å². The molecule has 0 aromatic carbocycles. The summed E-state index contributed by atoms with van der Waals surface area (Å²) in [6.45, 7) is 3.93. The first-order chi connectivity index (χ1) is 8.41. The molecule has 0 atom stereocenters. The zero-order chi connectivity index (χ0) is 13.8. The molecule has 0 fully saturated rings. The van der Waals surface area contributed by atoms with Crippen molar-refractivity contribution in [2.75, 3.05) is 26.1 Å². The maximum absolute atomic E-state index is 13.9. The molecule has 0 aliphatic rings. The number of carbonyl (C=O) groups excluding carboxylic acids is 1. The van der Waals surface area contributed by atoms with Crippen LogP contribution in [0.1, 0.15) is 24.2 Å². The average Bonchev–Trinajstić information content (AvgIpc) is 2.28. The summed E-state index contributed by atoms with van der Waals surface area (Å²) in [4.78, 5) is 15.7. The summed E-state index contributed by atoms with van der Waals surface area (Å²) >= 11 is 0. The molecule has 0 bridgehead atoms. The molecule has 1 rings (SSSR count). The largest absolute Gasteiger partial charge is 0.382 e. The van der Waals surface area contributed by atoms with Crippen molar-refractivity contribution in [1.82, 2.24) is 10.3 Å². The van der Waals surface area contributed by atoms with Gasteiger partial charge in [-0.15, -0.1) is 0 Å². The fraction of sp³-hybridized carbons (Fsp3) is 0.500. The molecule has 1 aromatic rings. The average molecular weight is 255 g/mol. The van der Waals surface area contributed by atoms with Gasteiger partial charge < -0.3 is 15.4 Å². The lowest BCUT2D eigenvalue weighted by molar-refractivity contribution is 0.0816. The van der Waals surface area contributed by atoms with Gasteiger partial charge in [-0.2, -0.15) is 0 Å². The molecular formula is C12H18FN3O2. The Morgan fingerprint density at radius 2 is 2.22 bits per heavy atom. The van der Waals surface area contributed by atoms with Gasteiger partial charge in [0.05, 0.1) is 17.7 Å². The van der Waals surface area contributed by atoms with E-state index < -0.39 is 17.3 Å². The van der Waals surface area contributed by atoms with Crippen LogP contribution in [0.4, 0.5) is 10.2 Å². The number of halogens is 1. The third-order valence-electron chi connectivity index (χ3n) is 2.33. The van der Waals surface area contributed by atoms with E-state index in [0.717, 1.165) is 0 Å². The molecule has 0 aliphatic carbocycles. The van der Waals surface area contributed by atoms with Crippen LogP contribution in [0.3, 0.4) is 0 Å². The van der Waals surface area contributed by atoms with Crippen LogP contribution >= 0.6 is 0 Å². The number of amides is 1. The highest BCUT2D eigenvalue weighted by molar-refractivity contribution is 5.95. The Hall–Kier alpha value is -1.69. The second-order valence-corrected chi connectivity index (χ2v) is 4.54. The minimum absolute atomic E-state index is 0.0430. The number of methoxy groups -OCH3 is 1. The number of carbonyl (C=O) groups is 1. The highest BCUT2D eigenvalue weighted by atomic mass is 19.1. The monoisotopic (exact) mass is 255 g/mol. The smallest absolute Gasteiger partial charge is 0.254 e. The first kappa shape index (κ1) is 14.4. The van der Waals surface area contributed by atoms with Crippen LogP contribution in [0.2, 0.25) is 0 Å². The van der Waals surface area contributed by atoms with Crippen LogP contribution in [0, 0.1) is 5.82 Å². The number of anilines is 1. The number of nitrogens with one attached hydrogen (secondary N) is 2. The maximum Gasteiger partial charge on any atom is 0.254 e. The lowest BCUT2D eigenvalue weighted by atomic mass is 10.1. The molecule has 5 nitrogen and oxygen atoms in total. The van der Waals surface area contributed by atoms with Crippen molar-refractivity contribution in [3.05, 3.63) is 23.6 Å². The lowest BCUT2D eigenvalue weighted by Crippen LogP contribution is -2.47. The Kier molecular flexibility index (Phi) is 4.61. The van der Waals surface area contributed by atoms with Gasteiger partial charge in [0.15, 0.2) is 11.6 Å². The maximum atomic E-state index is 13.9. The van der Waals surface area contributed by atoms with Crippen LogP contribution in [0.25, 0.3) is 0 Å². The minimum Gasteiger partial charge on any atom is -0.382 e. The SMILES string of the molecule is CNc1nccc(C(=O)NC(C)(C)COC)c1F. The number of pyridine rings is 1. The zero-order valence-corrected chi connectivity index (χ0v) is 11.0. The summed E-state index contributed by atoms with van der Waals surface area (Å²) in [6.07, 6.45) is 1.38. The van der Waals surface area contributed by atoms with Gasteiger partial charge in [-0.05, 0) is 19.9 Å². The van der Waals surface area contributed by atoms with Gasteiger partial charge in [0, 0.05) is 20.4 Å². The van der Waals surface area contributed by atoms with Crippen molar-refractivity contribution >= 4 is 11.7 Å². The van der Waals surface area contributed by atoms with Crippen LogP contribution < -0.4 is 10.6 Å². The summed E-state index contributed by atoms with van der Waals surface area (Å²) in [6, 6.07) is 1.34. The molecule has 0 unspecified atom stereocenters. The fourth-order valence-electron chi connectivity index (χ4n) is 1.56. The Balaban J connectivity index is 2.91. The van der Waals surface area contributed by atoms with Crippen molar-refractivity contribution < 1.29 is 13.9 Å². The van der Waals surface area contributed by atoms with Gasteiger partial charge >= 0.3 is 0 Å². The zero-order valence-electron chi connectivity index (χ0n) is 11.0. The molecule has 6 heteroatoms.